The SMILES string of the molecule is C[C@@H](O)c1ccc(N(C)CC2(N(C)C)CCC2)c(Cl)c1. The lowest BCUT2D eigenvalue weighted by molar-refractivity contribution is 0.0683. The summed E-state index contributed by atoms with van der Waals surface area (Å²) in [6, 6.07) is 5.82. The van der Waals surface area contributed by atoms with Crippen molar-refractivity contribution in [3.05, 3.63) is 28.8 Å². The molecule has 0 saturated heterocycles. The largest absolute Gasteiger partial charge is 0.389 e. The Labute approximate surface area is 127 Å². The maximum atomic E-state index is 9.61. The van der Waals surface area contributed by atoms with Gasteiger partial charge in [-0.05, 0) is 58.0 Å². The number of halogens is 1. The van der Waals surface area contributed by atoms with Crippen LogP contribution in [-0.2, 0) is 0 Å². The number of benzene rings is 1. The molecule has 0 radical (unpaired) electrons. The Morgan fingerprint density at radius 3 is 2.35 bits per heavy atom. The van der Waals surface area contributed by atoms with E-state index in [4.69, 9.17) is 11.6 Å². The summed E-state index contributed by atoms with van der Waals surface area (Å²) in [5, 5.41) is 10.3. The van der Waals surface area contributed by atoms with Crippen molar-refractivity contribution < 1.29 is 5.11 Å². The number of aliphatic hydroxyl groups is 1. The molecule has 1 saturated carbocycles. The van der Waals surface area contributed by atoms with Crippen molar-refractivity contribution in [2.75, 3.05) is 32.6 Å². The smallest absolute Gasteiger partial charge is 0.0762 e. The molecule has 0 heterocycles. The molecule has 1 aliphatic rings. The van der Waals surface area contributed by atoms with Gasteiger partial charge in [-0.15, -0.1) is 0 Å². The second-order valence-corrected chi connectivity index (χ2v) is 6.62. The third-order valence-corrected chi connectivity index (χ3v) is 4.93. The lowest BCUT2D eigenvalue weighted by Crippen LogP contribution is -2.56. The second kappa shape index (κ2) is 5.92. The average Bonchev–Trinajstić information content (AvgIpc) is 2.32. The van der Waals surface area contributed by atoms with Gasteiger partial charge in [-0.25, -0.2) is 0 Å². The molecule has 1 aromatic rings. The summed E-state index contributed by atoms with van der Waals surface area (Å²) >= 11 is 6.37. The van der Waals surface area contributed by atoms with Gasteiger partial charge in [0.1, 0.15) is 0 Å². The molecular weight excluding hydrogens is 272 g/mol. The third-order valence-electron chi connectivity index (χ3n) is 4.63. The monoisotopic (exact) mass is 296 g/mol. The van der Waals surface area contributed by atoms with Crippen LogP contribution in [0.15, 0.2) is 18.2 Å². The molecule has 1 aromatic carbocycles. The quantitative estimate of drug-likeness (QED) is 0.903. The molecule has 0 unspecified atom stereocenters. The third kappa shape index (κ3) is 2.95. The summed E-state index contributed by atoms with van der Waals surface area (Å²) in [6.07, 6.45) is 3.31. The first-order valence-electron chi connectivity index (χ1n) is 7.22. The zero-order chi connectivity index (χ0) is 14.9. The van der Waals surface area contributed by atoms with Gasteiger partial charge in [0.2, 0.25) is 0 Å². The van der Waals surface area contributed by atoms with Crippen LogP contribution in [0.4, 0.5) is 5.69 Å². The van der Waals surface area contributed by atoms with E-state index in [0.29, 0.717) is 5.02 Å². The number of rotatable bonds is 5. The van der Waals surface area contributed by atoms with Crippen LogP contribution in [0.5, 0.6) is 0 Å². The van der Waals surface area contributed by atoms with E-state index in [1.165, 1.54) is 19.3 Å². The zero-order valence-corrected chi connectivity index (χ0v) is 13.6. The van der Waals surface area contributed by atoms with Gasteiger partial charge in [0, 0.05) is 19.1 Å². The van der Waals surface area contributed by atoms with E-state index >= 15 is 0 Å². The Bertz CT molecular complexity index is 470. The van der Waals surface area contributed by atoms with E-state index in [0.717, 1.165) is 17.8 Å². The molecule has 0 aliphatic heterocycles. The summed E-state index contributed by atoms with van der Waals surface area (Å²) in [4.78, 5) is 4.57. The molecule has 1 N–H and O–H groups in total. The summed E-state index contributed by atoms with van der Waals surface area (Å²) in [5.41, 5.74) is 2.17. The van der Waals surface area contributed by atoms with Gasteiger partial charge < -0.3 is 14.9 Å². The Morgan fingerprint density at radius 2 is 1.95 bits per heavy atom. The molecule has 0 bridgehead atoms. The number of anilines is 1. The van der Waals surface area contributed by atoms with Crippen LogP contribution < -0.4 is 4.90 Å². The average molecular weight is 297 g/mol. The highest BCUT2D eigenvalue weighted by Crippen LogP contribution is 2.38. The minimum Gasteiger partial charge on any atom is -0.389 e. The van der Waals surface area contributed by atoms with Gasteiger partial charge >= 0.3 is 0 Å². The Kier molecular flexibility index (Phi) is 4.62. The van der Waals surface area contributed by atoms with E-state index < -0.39 is 6.10 Å². The van der Waals surface area contributed by atoms with E-state index in [1.54, 1.807) is 6.92 Å². The Balaban J connectivity index is 2.15. The van der Waals surface area contributed by atoms with Gasteiger partial charge in [-0.2, -0.15) is 0 Å². The fourth-order valence-electron chi connectivity index (χ4n) is 2.95. The molecule has 0 amide bonds. The predicted octanol–water partition coefficient (Wildman–Crippen LogP) is 3.31. The van der Waals surface area contributed by atoms with Gasteiger partial charge in [0.25, 0.3) is 0 Å². The fourth-order valence-corrected chi connectivity index (χ4v) is 3.28. The molecule has 1 fully saturated rings. The van der Waals surface area contributed by atoms with Gasteiger partial charge in [0.15, 0.2) is 0 Å². The van der Waals surface area contributed by atoms with Crippen LogP contribution in [0.1, 0.15) is 37.9 Å². The fraction of sp³-hybridized carbons (Fsp3) is 0.625. The van der Waals surface area contributed by atoms with Crippen molar-refractivity contribution in [1.82, 2.24) is 4.90 Å². The topological polar surface area (TPSA) is 26.7 Å². The van der Waals surface area contributed by atoms with Crippen LogP contribution in [0.25, 0.3) is 0 Å². The van der Waals surface area contributed by atoms with E-state index in [1.807, 2.05) is 18.2 Å². The van der Waals surface area contributed by atoms with E-state index in [9.17, 15) is 5.11 Å². The maximum absolute atomic E-state index is 9.61. The van der Waals surface area contributed by atoms with Gasteiger partial charge in [0.05, 0.1) is 16.8 Å². The predicted molar refractivity (Wildman–Crippen MR) is 85.6 cm³/mol. The van der Waals surface area contributed by atoms with Crippen LogP contribution in [0.2, 0.25) is 5.02 Å². The lowest BCUT2D eigenvalue weighted by atomic mass is 9.75. The van der Waals surface area contributed by atoms with E-state index in [-0.39, 0.29) is 5.54 Å². The van der Waals surface area contributed by atoms with Crippen molar-refractivity contribution in [2.24, 2.45) is 0 Å². The molecule has 4 heteroatoms. The molecule has 3 nitrogen and oxygen atoms in total. The Morgan fingerprint density at radius 1 is 1.30 bits per heavy atom. The molecular formula is C16H25ClN2O. The second-order valence-electron chi connectivity index (χ2n) is 6.22. The van der Waals surface area contributed by atoms with Gasteiger partial charge in [-0.3, -0.25) is 0 Å². The molecule has 1 atom stereocenters. The first-order chi connectivity index (χ1) is 9.35. The van der Waals surface area contributed by atoms with Crippen molar-refractivity contribution in [3.8, 4) is 0 Å². The molecule has 0 aromatic heterocycles. The highest BCUT2D eigenvalue weighted by atomic mass is 35.5. The summed E-state index contributed by atoms with van der Waals surface area (Å²) in [6.45, 7) is 2.73. The molecule has 1 aliphatic carbocycles. The first kappa shape index (κ1) is 15.6. The number of aliphatic hydroxyl groups excluding tert-OH is 1. The minimum absolute atomic E-state index is 0.279. The van der Waals surface area contributed by atoms with Crippen LogP contribution in [-0.4, -0.2) is 43.2 Å². The minimum atomic E-state index is -0.480. The Hall–Kier alpha value is -0.770. The molecule has 20 heavy (non-hydrogen) atoms. The summed E-state index contributed by atoms with van der Waals surface area (Å²) in [7, 11) is 6.41. The highest BCUT2D eigenvalue weighted by Gasteiger charge is 2.40. The maximum Gasteiger partial charge on any atom is 0.0762 e. The van der Waals surface area contributed by atoms with Crippen molar-refractivity contribution in [3.63, 3.8) is 0 Å². The van der Waals surface area contributed by atoms with Gasteiger partial charge in [-0.1, -0.05) is 17.7 Å². The van der Waals surface area contributed by atoms with E-state index in [2.05, 4.69) is 30.9 Å². The van der Waals surface area contributed by atoms with Crippen molar-refractivity contribution in [1.29, 1.82) is 0 Å². The number of hydrogen-bond acceptors (Lipinski definition) is 3. The van der Waals surface area contributed by atoms with Crippen molar-refractivity contribution >= 4 is 17.3 Å². The normalized spacial score (nSPS) is 18.8. The number of likely N-dealkylation sites (N-methyl/N-ethyl adjacent to an activating group) is 2. The zero-order valence-electron chi connectivity index (χ0n) is 12.9. The molecule has 112 valence electrons. The molecule has 0 spiro atoms. The first-order valence-corrected chi connectivity index (χ1v) is 7.59. The van der Waals surface area contributed by atoms with Crippen LogP contribution in [0, 0.1) is 0 Å². The standard InChI is InChI=1S/C16H25ClN2O/c1-12(20)13-6-7-15(14(17)10-13)19(4)11-16(18(2)3)8-5-9-16/h6-7,10,12,20H,5,8-9,11H2,1-4H3/t12-/m1/s1. The van der Waals surface area contributed by atoms with Crippen LogP contribution >= 0.6 is 11.6 Å². The summed E-state index contributed by atoms with van der Waals surface area (Å²) in [5.74, 6) is 0. The summed E-state index contributed by atoms with van der Waals surface area (Å²) < 4.78 is 0. The van der Waals surface area contributed by atoms with Crippen LogP contribution in [0.3, 0.4) is 0 Å². The number of nitrogens with zero attached hydrogens (tertiary/aromatic N) is 2. The molecule has 2 rings (SSSR count). The lowest BCUT2D eigenvalue weighted by Gasteiger charge is -2.49. The number of hydrogen-bond donors (Lipinski definition) is 1. The van der Waals surface area contributed by atoms with Crippen molar-refractivity contribution in [2.45, 2.75) is 37.8 Å². The highest BCUT2D eigenvalue weighted by molar-refractivity contribution is 6.33.